The Labute approximate surface area is 201 Å². The van der Waals surface area contributed by atoms with Gasteiger partial charge in [-0.3, -0.25) is 0 Å². The summed E-state index contributed by atoms with van der Waals surface area (Å²) in [5, 5.41) is 11.0. The molecule has 0 atom stereocenters. The Bertz CT molecular complexity index is 1290. The fraction of sp³-hybridized carbons (Fsp3) is 0.0625. The second-order valence-electron chi connectivity index (χ2n) is 7.80. The molecule has 0 saturated heterocycles. The average molecular weight is 445 g/mol. The van der Waals surface area contributed by atoms with Gasteiger partial charge in [0.2, 0.25) is 0 Å². The lowest BCUT2D eigenvalue weighted by Gasteiger charge is -2.15. The van der Waals surface area contributed by atoms with Crippen molar-refractivity contribution in [2.45, 2.75) is 6.92 Å². The van der Waals surface area contributed by atoms with Crippen LogP contribution >= 0.6 is 0 Å². The molecule has 0 aliphatic heterocycles. The molecule has 168 valence electrons. The predicted octanol–water partition coefficient (Wildman–Crippen LogP) is 8.30. The summed E-state index contributed by atoms with van der Waals surface area (Å²) in [5.74, 6) is 0.831. The molecule has 2 heteroatoms. The molecule has 0 saturated carbocycles. The maximum atomic E-state index is 11.0. The number of hydrogen-bond donors (Lipinski definition) is 1. The quantitative estimate of drug-likeness (QED) is 0.277. The number of phenols is 1. The van der Waals surface area contributed by atoms with E-state index in [9.17, 15) is 5.11 Å². The molecule has 0 fully saturated rings. The number of aromatic hydroxyl groups is 1. The predicted molar refractivity (Wildman–Crippen MR) is 145 cm³/mol. The van der Waals surface area contributed by atoms with Crippen molar-refractivity contribution in [1.82, 2.24) is 0 Å². The van der Waals surface area contributed by atoms with E-state index in [0.717, 1.165) is 33.4 Å². The molecule has 4 rings (SSSR count). The maximum Gasteiger partial charge on any atom is 0.130 e. The van der Waals surface area contributed by atoms with Crippen molar-refractivity contribution in [3.05, 3.63) is 130 Å². The average Bonchev–Trinajstić information content (AvgIpc) is 2.88. The molecule has 4 aromatic carbocycles. The van der Waals surface area contributed by atoms with E-state index in [1.807, 2.05) is 91.9 Å². The standard InChI is InChI=1S/C32H28O2/c1-2-34-32-24-31(33)29(22-19-26-14-8-4-9-15-26)28(21-18-25-12-6-3-7-13-25)30(32)23-20-27-16-10-5-11-17-27/h3-24,33H,2H2,1H3. The Hall–Kier alpha value is -4.30. The summed E-state index contributed by atoms with van der Waals surface area (Å²) in [6, 6.07) is 32.1. The number of rotatable bonds is 8. The van der Waals surface area contributed by atoms with Gasteiger partial charge in [-0.25, -0.2) is 0 Å². The van der Waals surface area contributed by atoms with Gasteiger partial charge in [0.15, 0.2) is 0 Å². The number of benzene rings is 4. The zero-order valence-corrected chi connectivity index (χ0v) is 19.3. The number of hydrogen-bond acceptors (Lipinski definition) is 2. The first-order valence-electron chi connectivity index (χ1n) is 11.5. The summed E-state index contributed by atoms with van der Waals surface area (Å²) in [5.41, 5.74) is 5.80. The summed E-state index contributed by atoms with van der Waals surface area (Å²) in [7, 11) is 0. The Morgan fingerprint density at radius 1 is 0.559 bits per heavy atom. The Morgan fingerprint density at radius 3 is 1.41 bits per heavy atom. The molecule has 1 N–H and O–H groups in total. The highest BCUT2D eigenvalue weighted by molar-refractivity contribution is 5.89. The Balaban J connectivity index is 1.87. The van der Waals surface area contributed by atoms with Crippen LogP contribution in [0.2, 0.25) is 0 Å². The molecular weight excluding hydrogens is 416 g/mol. The molecule has 0 bridgehead atoms. The summed E-state index contributed by atoms with van der Waals surface area (Å²) in [6.45, 7) is 2.46. The number of ether oxygens (including phenoxy) is 1. The van der Waals surface area contributed by atoms with Crippen LogP contribution < -0.4 is 4.74 Å². The van der Waals surface area contributed by atoms with Gasteiger partial charge in [-0.2, -0.15) is 0 Å². The second kappa shape index (κ2) is 11.5. The van der Waals surface area contributed by atoms with Crippen molar-refractivity contribution in [2.24, 2.45) is 0 Å². The minimum absolute atomic E-state index is 0.181. The van der Waals surface area contributed by atoms with E-state index in [1.165, 1.54) is 0 Å². The molecule has 0 radical (unpaired) electrons. The van der Waals surface area contributed by atoms with Crippen molar-refractivity contribution >= 4 is 36.5 Å². The van der Waals surface area contributed by atoms with E-state index >= 15 is 0 Å². The molecule has 34 heavy (non-hydrogen) atoms. The first kappa shape index (κ1) is 22.9. The van der Waals surface area contributed by atoms with E-state index in [2.05, 4.69) is 42.5 Å². The molecule has 0 heterocycles. The van der Waals surface area contributed by atoms with E-state index in [4.69, 9.17) is 4.74 Å². The fourth-order valence-electron chi connectivity index (χ4n) is 3.73. The normalized spacial score (nSPS) is 11.6. The summed E-state index contributed by atoms with van der Waals surface area (Å²) in [6.07, 6.45) is 12.2. The van der Waals surface area contributed by atoms with Gasteiger partial charge in [-0.15, -0.1) is 0 Å². The smallest absolute Gasteiger partial charge is 0.130 e. The minimum Gasteiger partial charge on any atom is -0.507 e. The molecule has 0 unspecified atom stereocenters. The van der Waals surface area contributed by atoms with Crippen molar-refractivity contribution in [2.75, 3.05) is 6.61 Å². The van der Waals surface area contributed by atoms with Crippen LogP contribution in [0.15, 0.2) is 97.1 Å². The lowest BCUT2D eigenvalue weighted by Crippen LogP contribution is -1.98. The van der Waals surface area contributed by atoms with Crippen LogP contribution in [0, 0.1) is 0 Å². The van der Waals surface area contributed by atoms with Crippen molar-refractivity contribution < 1.29 is 9.84 Å². The van der Waals surface area contributed by atoms with Crippen molar-refractivity contribution in [3.8, 4) is 11.5 Å². The largest absolute Gasteiger partial charge is 0.507 e. The Morgan fingerprint density at radius 2 is 0.971 bits per heavy atom. The van der Waals surface area contributed by atoms with E-state index in [1.54, 1.807) is 6.07 Å². The van der Waals surface area contributed by atoms with Crippen LogP contribution in [0.4, 0.5) is 0 Å². The molecule has 0 aliphatic rings. The van der Waals surface area contributed by atoms with E-state index < -0.39 is 0 Å². The van der Waals surface area contributed by atoms with Gasteiger partial charge in [0.05, 0.1) is 6.61 Å². The SMILES string of the molecule is CCOc1cc(O)c(C=Cc2ccccc2)c(C=Cc2ccccc2)c1C=Cc1ccccc1. The molecule has 0 spiro atoms. The monoisotopic (exact) mass is 444 g/mol. The second-order valence-corrected chi connectivity index (χ2v) is 7.80. The summed E-state index contributed by atoms with van der Waals surface area (Å²) >= 11 is 0. The van der Waals surface area contributed by atoms with E-state index in [-0.39, 0.29) is 5.75 Å². The lowest BCUT2D eigenvalue weighted by molar-refractivity contribution is 0.337. The minimum atomic E-state index is 0.181. The third-order valence-corrected chi connectivity index (χ3v) is 5.42. The summed E-state index contributed by atoms with van der Waals surface area (Å²) < 4.78 is 5.95. The molecule has 2 nitrogen and oxygen atoms in total. The van der Waals surface area contributed by atoms with Crippen molar-refractivity contribution in [1.29, 1.82) is 0 Å². The number of phenolic OH excluding ortho intramolecular Hbond substituents is 1. The Kier molecular flexibility index (Phi) is 7.76. The van der Waals surface area contributed by atoms with Crippen LogP contribution in [0.3, 0.4) is 0 Å². The van der Waals surface area contributed by atoms with Gasteiger partial charge < -0.3 is 9.84 Å². The molecule has 0 amide bonds. The van der Waals surface area contributed by atoms with E-state index in [0.29, 0.717) is 12.4 Å². The van der Waals surface area contributed by atoms with Gasteiger partial charge in [0.1, 0.15) is 11.5 Å². The molecule has 4 aromatic rings. The van der Waals surface area contributed by atoms with Crippen LogP contribution in [-0.2, 0) is 0 Å². The van der Waals surface area contributed by atoms with Crippen LogP contribution in [0.5, 0.6) is 11.5 Å². The first-order chi connectivity index (χ1) is 16.7. The van der Waals surface area contributed by atoms with Crippen LogP contribution in [0.25, 0.3) is 36.5 Å². The van der Waals surface area contributed by atoms with Crippen LogP contribution in [-0.4, -0.2) is 11.7 Å². The highest BCUT2D eigenvalue weighted by Gasteiger charge is 2.14. The van der Waals surface area contributed by atoms with Crippen molar-refractivity contribution in [3.63, 3.8) is 0 Å². The molecule has 0 aliphatic carbocycles. The maximum absolute atomic E-state index is 11.0. The van der Waals surface area contributed by atoms with Gasteiger partial charge >= 0.3 is 0 Å². The zero-order valence-electron chi connectivity index (χ0n) is 19.3. The van der Waals surface area contributed by atoms with Gasteiger partial charge in [0.25, 0.3) is 0 Å². The zero-order chi connectivity index (χ0) is 23.6. The topological polar surface area (TPSA) is 29.5 Å². The highest BCUT2D eigenvalue weighted by Crippen LogP contribution is 2.37. The summed E-state index contributed by atoms with van der Waals surface area (Å²) in [4.78, 5) is 0. The van der Waals surface area contributed by atoms with Gasteiger partial charge in [-0.1, -0.05) is 127 Å². The molecular formula is C32H28O2. The van der Waals surface area contributed by atoms with Gasteiger partial charge in [0, 0.05) is 17.2 Å². The lowest BCUT2D eigenvalue weighted by atomic mass is 9.95. The van der Waals surface area contributed by atoms with Crippen LogP contribution in [0.1, 0.15) is 40.3 Å². The first-order valence-corrected chi connectivity index (χ1v) is 11.5. The fourth-order valence-corrected chi connectivity index (χ4v) is 3.73. The third-order valence-electron chi connectivity index (χ3n) is 5.42. The highest BCUT2D eigenvalue weighted by atomic mass is 16.5. The van der Waals surface area contributed by atoms with Gasteiger partial charge in [-0.05, 0) is 29.2 Å². The molecule has 0 aromatic heterocycles. The third kappa shape index (κ3) is 5.93.